The maximum atomic E-state index is 12.0. The van der Waals surface area contributed by atoms with Gasteiger partial charge in [0.25, 0.3) is 0 Å². The van der Waals surface area contributed by atoms with Gasteiger partial charge >= 0.3 is 0 Å². The SMILES string of the molecule is NC(=O)C(CCCCC(=O)Nc1cncc(Br)c1)c1ccccc1N. The van der Waals surface area contributed by atoms with Crippen LogP contribution in [0, 0.1) is 0 Å². The van der Waals surface area contributed by atoms with Crippen molar-refractivity contribution in [1.82, 2.24) is 4.98 Å². The van der Waals surface area contributed by atoms with Crippen molar-refractivity contribution >= 4 is 39.1 Å². The summed E-state index contributed by atoms with van der Waals surface area (Å²) in [5.74, 6) is -0.921. The fraction of sp³-hybridized carbons (Fsp3) is 0.278. The van der Waals surface area contributed by atoms with E-state index in [1.165, 1.54) is 0 Å². The van der Waals surface area contributed by atoms with Crippen LogP contribution in [0.25, 0.3) is 0 Å². The van der Waals surface area contributed by atoms with Crippen LogP contribution in [0.4, 0.5) is 11.4 Å². The molecule has 2 aromatic rings. The van der Waals surface area contributed by atoms with Gasteiger partial charge in [-0.3, -0.25) is 14.6 Å². The zero-order chi connectivity index (χ0) is 18.2. The molecule has 0 aliphatic rings. The van der Waals surface area contributed by atoms with Crippen molar-refractivity contribution in [2.24, 2.45) is 5.73 Å². The molecule has 2 amide bonds. The van der Waals surface area contributed by atoms with Gasteiger partial charge in [-0.2, -0.15) is 0 Å². The van der Waals surface area contributed by atoms with E-state index in [0.29, 0.717) is 37.1 Å². The Balaban J connectivity index is 1.81. The van der Waals surface area contributed by atoms with Crippen LogP contribution in [0.5, 0.6) is 0 Å². The number of unbranched alkanes of at least 4 members (excludes halogenated alkanes) is 1. The normalized spacial score (nSPS) is 11.7. The first kappa shape index (κ1) is 18.9. The van der Waals surface area contributed by atoms with Crippen molar-refractivity contribution in [2.45, 2.75) is 31.6 Å². The molecule has 132 valence electrons. The number of nitrogens with two attached hydrogens (primary N) is 2. The summed E-state index contributed by atoms with van der Waals surface area (Å²) in [7, 11) is 0. The number of hydrogen-bond acceptors (Lipinski definition) is 4. The number of aromatic nitrogens is 1. The van der Waals surface area contributed by atoms with E-state index >= 15 is 0 Å². The van der Waals surface area contributed by atoms with Gasteiger partial charge < -0.3 is 16.8 Å². The molecule has 5 N–H and O–H groups in total. The van der Waals surface area contributed by atoms with Crippen molar-refractivity contribution in [3.8, 4) is 0 Å². The van der Waals surface area contributed by atoms with Crippen LogP contribution in [-0.2, 0) is 9.59 Å². The van der Waals surface area contributed by atoms with E-state index < -0.39 is 11.8 Å². The Morgan fingerprint density at radius 2 is 1.96 bits per heavy atom. The summed E-state index contributed by atoms with van der Waals surface area (Å²) in [6.45, 7) is 0. The Bertz CT molecular complexity index is 751. The molecule has 0 saturated heterocycles. The molecule has 0 radical (unpaired) electrons. The van der Waals surface area contributed by atoms with Crippen LogP contribution >= 0.6 is 15.9 Å². The van der Waals surface area contributed by atoms with Gasteiger partial charge in [0, 0.05) is 22.8 Å². The fourth-order valence-corrected chi connectivity index (χ4v) is 2.98. The molecule has 25 heavy (non-hydrogen) atoms. The van der Waals surface area contributed by atoms with Crippen molar-refractivity contribution in [3.05, 3.63) is 52.8 Å². The second-order valence-electron chi connectivity index (χ2n) is 5.77. The molecule has 6 nitrogen and oxygen atoms in total. The monoisotopic (exact) mass is 404 g/mol. The standard InChI is InChI=1S/C18H21BrN4O2/c19-12-9-13(11-22-10-12)23-17(24)8-4-2-6-15(18(21)25)14-5-1-3-7-16(14)20/h1,3,5,7,9-11,15H,2,4,6,8,20H2,(H2,21,25)(H,23,24). The number of nitrogen functional groups attached to an aromatic ring is 1. The molecular formula is C18H21BrN4O2. The molecule has 0 bridgehead atoms. The summed E-state index contributed by atoms with van der Waals surface area (Å²) in [6, 6.07) is 9.01. The predicted molar refractivity (Wildman–Crippen MR) is 102 cm³/mol. The Morgan fingerprint density at radius 1 is 1.20 bits per heavy atom. The molecule has 0 fully saturated rings. The van der Waals surface area contributed by atoms with Crippen molar-refractivity contribution in [3.63, 3.8) is 0 Å². The van der Waals surface area contributed by atoms with E-state index in [2.05, 4.69) is 26.2 Å². The van der Waals surface area contributed by atoms with Gasteiger partial charge in [0.2, 0.25) is 11.8 Å². The van der Waals surface area contributed by atoms with Crippen molar-refractivity contribution < 1.29 is 9.59 Å². The number of anilines is 2. The summed E-state index contributed by atoms with van der Waals surface area (Å²) in [5, 5.41) is 2.79. The van der Waals surface area contributed by atoms with Crippen LogP contribution in [-0.4, -0.2) is 16.8 Å². The molecule has 7 heteroatoms. The number of nitrogens with zero attached hydrogens (tertiary/aromatic N) is 1. The first-order chi connectivity index (χ1) is 12.0. The number of rotatable bonds is 8. The van der Waals surface area contributed by atoms with Crippen LogP contribution in [0.2, 0.25) is 0 Å². The van der Waals surface area contributed by atoms with E-state index in [-0.39, 0.29) is 5.91 Å². The number of amides is 2. The Labute approximate surface area is 155 Å². The number of pyridine rings is 1. The lowest BCUT2D eigenvalue weighted by atomic mass is 9.91. The number of carbonyl (C=O) groups excluding carboxylic acids is 2. The third kappa shape index (κ3) is 5.86. The molecule has 0 aliphatic carbocycles. The molecular weight excluding hydrogens is 384 g/mol. The predicted octanol–water partition coefficient (Wildman–Crippen LogP) is 3.19. The van der Waals surface area contributed by atoms with Gasteiger partial charge in [-0.1, -0.05) is 24.6 Å². The minimum Gasteiger partial charge on any atom is -0.398 e. The first-order valence-electron chi connectivity index (χ1n) is 8.01. The van der Waals surface area contributed by atoms with Gasteiger partial charge in [-0.25, -0.2) is 0 Å². The number of nitrogens with one attached hydrogen (secondary N) is 1. The van der Waals surface area contributed by atoms with E-state index in [0.717, 1.165) is 10.0 Å². The number of primary amides is 1. The quantitative estimate of drug-likeness (QED) is 0.463. The number of halogens is 1. The van der Waals surface area contributed by atoms with Gasteiger partial charge in [0.05, 0.1) is 17.8 Å². The molecule has 1 aromatic carbocycles. The maximum Gasteiger partial charge on any atom is 0.225 e. The third-order valence-electron chi connectivity index (χ3n) is 3.85. The molecule has 1 unspecified atom stereocenters. The van der Waals surface area contributed by atoms with Crippen molar-refractivity contribution in [2.75, 3.05) is 11.1 Å². The highest BCUT2D eigenvalue weighted by molar-refractivity contribution is 9.10. The summed E-state index contributed by atoms with van der Waals surface area (Å²) >= 11 is 3.31. The average molecular weight is 405 g/mol. The van der Waals surface area contributed by atoms with Gasteiger partial charge in [0.15, 0.2) is 0 Å². The number of benzene rings is 1. The highest BCUT2D eigenvalue weighted by Crippen LogP contribution is 2.27. The van der Waals surface area contributed by atoms with E-state index in [4.69, 9.17) is 11.5 Å². The molecule has 0 aliphatic heterocycles. The van der Waals surface area contributed by atoms with Crippen LogP contribution in [0.15, 0.2) is 47.2 Å². The Morgan fingerprint density at radius 3 is 2.64 bits per heavy atom. The molecule has 2 rings (SSSR count). The summed E-state index contributed by atoms with van der Waals surface area (Å²) in [6.07, 6.45) is 5.52. The lowest BCUT2D eigenvalue weighted by Gasteiger charge is -2.15. The van der Waals surface area contributed by atoms with E-state index in [1.807, 2.05) is 18.2 Å². The highest BCUT2D eigenvalue weighted by atomic mass is 79.9. The average Bonchev–Trinajstić information content (AvgIpc) is 2.55. The fourth-order valence-electron chi connectivity index (χ4n) is 2.62. The largest absolute Gasteiger partial charge is 0.398 e. The topological polar surface area (TPSA) is 111 Å². The number of carbonyl (C=O) groups is 2. The van der Waals surface area contributed by atoms with Gasteiger partial charge in [0.1, 0.15) is 0 Å². The first-order valence-corrected chi connectivity index (χ1v) is 8.81. The second-order valence-corrected chi connectivity index (χ2v) is 6.69. The number of para-hydroxylation sites is 1. The van der Waals surface area contributed by atoms with Gasteiger partial charge in [-0.05, 0) is 46.5 Å². The third-order valence-corrected chi connectivity index (χ3v) is 4.28. The van der Waals surface area contributed by atoms with Crippen molar-refractivity contribution in [1.29, 1.82) is 0 Å². The van der Waals surface area contributed by atoms with Crippen LogP contribution in [0.3, 0.4) is 0 Å². The molecule has 0 saturated carbocycles. The lowest BCUT2D eigenvalue weighted by Crippen LogP contribution is -2.22. The Hall–Kier alpha value is -2.41. The highest BCUT2D eigenvalue weighted by Gasteiger charge is 2.19. The molecule has 1 heterocycles. The summed E-state index contributed by atoms with van der Waals surface area (Å²) in [5.41, 5.74) is 13.4. The summed E-state index contributed by atoms with van der Waals surface area (Å²) in [4.78, 5) is 27.7. The maximum absolute atomic E-state index is 12.0. The number of hydrogen-bond donors (Lipinski definition) is 3. The zero-order valence-corrected chi connectivity index (χ0v) is 15.3. The minimum atomic E-state index is -0.432. The molecule has 1 atom stereocenters. The lowest BCUT2D eigenvalue weighted by molar-refractivity contribution is -0.119. The second kappa shape index (κ2) is 9.17. The Kier molecular flexibility index (Phi) is 6.94. The smallest absolute Gasteiger partial charge is 0.225 e. The zero-order valence-electron chi connectivity index (χ0n) is 13.7. The summed E-state index contributed by atoms with van der Waals surface area (Å²) < 4.78 is 0.801. The molecule has 1 aromatic heterocycles. The van der Waals surface area contributed by atoms with Crippen LogP contribution in [0.1, 0.15) is 37.2 Å². The van der Waals surface area contributed by atoms with Gasteiger partial charge in [-0.15, -0.1) is 0 Å². The van der Waals surface area contributed by atoms with Crippen LogP contribution < -0.4 is 16.8 Å². The van der Waals surface area contributed by atoms with E-state index in [1.54, 1.807) is 24.5 Å². The minimum absolute atomic E-state index is 0.0882. The van der Waals surface area contributed by atoms with E-state index in [9.17, 15) is 9.59 Å². The molecule has 0 spiro atoms.